The number of anilines is 1. The standard InChI is InChI=1S/C17H19N5O3/c1-25-13-4-2-12(3-5-13)17(24)22-10-8-21(9-11-22)15-7-6-14(16(18)23)19-20-15/h2-7H,8-11H2,1H3,(H2,18,23). The van der Waals surface area contributed by atoms with Crippen molar-refractivity contribution in [3.63, 3.8) is 0 Å². The summed E-state index contributed by atoms with van der Waals surface area (Å²) in [5, 5.41) is 7.84. The SMILES string of the molecule is COc1ccc(C(=O)N2CCN(c3ccc(C(N)=O)nn3)CC2)cc1. The van der Waals surface area contributed by atoms with Crippen LogP contribution in [0.15, 0.2) is 36.4 Å². The number of carbonyl (C=O) groups is 2. The van der Waals surface area contributed by atoms with Crippen LogP contribution in [0.5, 0.6) is 5.75 Å². The Morgan fingerprint density at radius 3 is 2.20 bits per heavy atom. The van der Waals surface area contributed by atoms with Crippen LogP contribution in [0.2, 0.25) is 0 Å². The molecule has 0 atom stereocenters. The number of benzene rings is 1. The van der Waals surface area contributed by atoms with Gasteiger partial charge >= 0.3 is 0 Å². The zero-order valence-electron chi connectivity index (χ0n) is 13.9. The van der Waals surface area contributed by atoms with E-state index in [2.05, 4.69) is 10.2 Å². The molecule has 2 N–H and O–H groups in total. The van der Waals surface area contributed by atoms with Crippen molar-refractivity contribution in [3.8, 4) is 5.75 Å². The number of nitrogens with zero attached hydrogens (tertiary/aromatic N) is 4. The minimum absolute atomic E-state index is 0.00235. The average molecular weight is 341 g/mol. The van der Waals surface area contributed by atoms with Crippen molar-refractivity contribution in [2.75, 3.05) is 38.2 Å². The second-order valence-electron chi connectivity index (χ2n) is 5.65. The van der Waals surface area contributed by atoms with Gasteiger partial charge < -0.3 is 20.3 Å². The maximum Gasteiger partial charge on any atom is 0.269 e. The molecule has 2 heterocycles. The fourth-order valence-electron chi connectivity index (χ4n) is 2.68. The highest BCUT2D eigenvalue weighted by molar-refractivity contribution is 5.94. The quantitative estimate of drug-likeness (QED) is 0.871. The second kappa shape index (κ2) is 7.16. The first kappa shape index (κ1) is 16.7. The number of nitrogens with two attached hydrogens (primary N) is 1. The monoisotopic (exact) mass is 341 g/mol. The normalized spacial score (nSPS) is 14.3. The summed E-state index contributed by atoms with van der Waals surface area (Å²) in [7, 11) is 1.59. The van der Waals surface area contributed by atoms with Gasteiger partial charge in [0.2, 0.25) is 0 Å². The third-order valence-corrected chi connectivity index (χ3v) is 4.13. The summed E-state index contributed by atoms with van der Waals surface area (Å²) in [4.78, 5) is 27.4. The molecule has 1 aliphatic rings. The Balaban J connectivity index is 1.60. The van der Waals surface area contributed by atoms with Crippen molar-refractivity contribution >= 4 is 17.6 Å². The molecule has 2 amide bonds. The van der Waals surface area contributed by atoms with E-state index in [9.17, 15) is 9.59 Å². The fourth-order valence-corrected chi connectivity index (χ4v) is 2.68. The van der Waals surface area contributed by atoms with Gasteiger partial charge in [0.15, 0.2) is 11.5 Å². The summed E-state index contributed by atoms with van der Waals surface area (Å²) in [6, 6.07) is 10.4. The minimum Gasteiger partial charge on any atom is -0.497 e. The maximum absolute atomic E-state index is 12.5. The molecule has 1 aromatic carbocycles. The van der Waals surface area contributed by atoms with Crippen molar-refractivity contribution < 1.29 is 14.3 Å². The third-order valence-electron chi connectivity index (χ3n) is 4.13. The number of rotatable bonds is 4. The first-order chi connectivity index (χ1) is 12.1. The Labute approximate surface area is 145 Å². The molecule has 1 aliphatic heterocycles. The van der Waals surface area contributed by atoms with Gasteiger partial charge in [0.25, 0.3) is 11.8 Å². The molecular formula is C17H19N5O3. The molecule has 2 aromatic rings. The molecule has 0 radical (unpaired) electrons. The van der Waals surface area contributed by atoms with Gasteiger partial charge in [-0.15, -0.1) is 10.2 Å². The molecule has 0 unspecified atom stereocenters. The number of carbonyl (C=O) groups excluding carboxylic acids is 2. The van der Waals surface area contributed by atoms with Crippen LogP contribution in [0.25, 0.3) is 0 Å². The summed E-state index contributed by atoms with van der Waals surface area (Å²) in [5.41, 5.74) is 5.94. The lowest BCUT2D eigenvalue weighted by molar-refractivity contribution is 0.0746. The van der Waals surface area contributed by atoms with E-state index in [1.807, 2.05) is 9.80 Å². The van der Waals surface area contributed by atoms with Crippen LogP contribution in [-0.2, 0) is 0 Å². The second-order valence-corrected chi connectivity index (χ2v) is 5.65. The van der Waals surface area contributed by atoms with Crippen LogP contribution in [-0.4, -0.2) is 60.2 Å². The number of hydrogen-bond donors (Lipinski definition) is 1. The Hall–Kier alpha value is -3.16. The highest BCUT2D eigenvalue weighted by Crippen LogP contribution is 2.16. The van der Waals surface area contributed by atoms with Crippen LogP contribution < -0.4 is 15.4 Å². The summed E-state index contributed by atoms with van der Waals surface area (Å²) in [6.45, 7) is 2.47. The number of primary amides is 1. The predicted molar refractivity (Wildman–Crippen MR) is 91.7 cm³/mol. The highest BCUT2D eigenvalue weighted by atomic mass is 16.5. The van der Waals surface area contributed by atoms with E-state index in [1.54, 1.807) is 43.5 Å². The topological polar surface area (TPSA) is 102 Å². The van der Waals surface area contributed by atoms with Crippen molar-refractivity contribution in [1.29, 1.82) is 0 Å². The lowest BCUT2D eigenvalue weighted by Gasteiger charge is -2.35. The van der Waals surface area contributed by atoms with E-state index >= 15 is 0 Å². The highest BCUT2D eigenvalue weighted by Gasteiger charge is 2.23. The van der Waals surface area contributed by atoms with Crippen LogP contribution in [0, 0.1) is 0 Å². The Bertz CT molecular complexity index is 753. The molecule has 8 nitrogen and oxygen atoms in total. The van der Waals surface area contributed by atoms with Crippen molar-refractivity contribution in [2.24, 2.45) is 5.73 Å². The van der Waals surface area contributed by atoms with Crippen molar-refractivity contribution in [1.82, 2.24) is 15.1 Å². The largest absolute Gasteiger partial charge is 0.497 e. The molecule has 0 spiro atoms. The lowest BCUT2D eigenvalue weighted by atomic mass is 10.1. The van der Waals surface area contributed by atoms with E-state index in [0.717, 1.165) is 5.75 Å². The lowest BCUT2D eigenvalue weighted by Crippen LogP contribution is -2.49. The smallest absolute Gasteiger partial charge is 0.269 e. The maximum atomic E-state index is 12.5. The Morgan fingerprint density at radius 2 is 1.68 bits per heavy atom. The van der Waals surface area contributed by atoms with Gasteiger partial charge in [-0.05, 0) is 36.4 Å². The number of aromatic nitrogens is 2. The van der Waals surface area contributed by atoms with Gasteiger partial charge in [-0.2, -0.15) is 0 Å². The summed E-state index contributed by atoms with van der Waals surface area (Å²) >= 11 is 0. The molecule has 1 saturated heterocycles. The van der Waals surface area contributed by atoms with Gasteiger partial charge in [-0.1, -0.05) is 0 Å². The molecule has 0 saturated carbocycles. The van der Waals surface area contributed by atoms with Crippen LogP contribution in [0.3, 0.4) is 0 Å². The number of hydrogen-bond acceptors (Lipinski definition) is 6. The number of methoxy groups -OCH3 is 1. The molecule has 0 aliphatic carbocycles. The molecule has 8 heteroatoms. The van der Waals surface area contributed by atoms with Crippen molar-refractivity contribution in [2.45, 2.75) is 0 Å². The summed E-state index contributed by atoms with van der Waals surface area (Å²) in [5.74, 6) is 0.785. The van der Waals surface area contributed by atoms with Crippen LogP contribution in [0.1, 0.15) is 20.8 Å². The molecule has 3 rings (SSSR count). The molecule has 130 valence electrons. The van der Waals surface area contributed by atoms with E-state index in [0.29, 0.717) is 37.6 Å². The fraction of sp³-hybridized carbons (Fsp3) is 0.294. The van der Waals surface area contributed by atoms with E-state index in [-0.39, 0.29) is 11.6 Å². The van der Waals surface area contributed by atoms with Gasteiger partial charge in [0, 0.05) is 31.7 Å². The van der Waals surface area contributed by atoms with Gasteiger partial charge in [-0.25, -0.2) is 0 Å². The number of ether oxygens (including phenoxy) is 1. The van der Waals surface area contributed by atoms with Crippen molar-refractivity contribution in [3.05, 3.63) is 47.7 Å². The van der Waals surface area contributed by atoms with Gasteiger partial charge in [0.05, 0.1) is 7.11 Å². The van der Waals surface area contributed by atoms with E-state index in [1.165, 1.54) is 0 Å². The van der Waals surface area contributed by atoms with E-state index < -0.39 is 5.91 Å². The first-order valence-electron chi connectivity index (χ1n) is 7.90. The van der Waals surface area contributed by atoms with Gasteiger partial charge in [0.1, 0.15) is 5.75 Å². The zero-order chi connectivity index (χ0) is 17.8. The van der Waals surface area contributed by atoms with Crippen LogP contribution >= 0.6 is 0 Å². The molecule has 0 bridgehead atoms. The minimum atomic E-state index is -0.603. The van der Waals surface area contributed by atoms with Gasteiger partial charge in [-0.3, -0.25) is 9.59 Å². The zero-order valence-corrected chi connectivity index (χ0v) is 13.9. The molecular weight excluding hydrogens is 322 g/mol. The molecule has 25 heavy (non-hydrogen) atoms. The Kier molecular flexibility index (Phi) is 4.78. The number of amides is 2. The molecule has 1 aromatic heterocycles. The van der Waals surface area contributed by atoms with Crippen LogP contribution in [0.4, 0.5) is 5.82 Å². The first-order valence-corrected chi connectivity index (χ1v) is 7.90. The third kappa shape index (κ3) is 3.68. The predicted octanol–water partition coefficient (Wildman–Crippen LogP) is 0.547. The van der Waals surface area contributed by atoms with E-state index in [4.69, 9.17) is 10.5 Å². The molecule has 1 fully saturated rings. The number of piperazine rings is 1. The Morgan fingerprint density at radius 1 is 1.00 bits per heavy atom. The summed E-state index contributed by atoms with van der Waals surface area (Å²) in [6.07, 6.45) is 0. The average Bonchev–Trinajstić information content (AvgIpc) is 2.67. The summed E-state index contributed by atoms with van der Waals surface area (Å²) < 4.78 is 5.11.